The van der Waals surface area contributed by atoms with Crippen molar-refractivity contribution in [1.82, 2.24) is 4.90 Å². The minimum absolute atomic E-state index is 0.00443. The van der Waals surface area contributed by atoms with Gasteiger partial charge in [0.25, 0.3) is 5.91 Å². The van der Waals surface area contributed by atoms with Gasteiger partial charge >= 0.3 is 6.18 Å². The van der Waals surface area contributed by atoms with E-state index in [0.717, 1.165) is 12.1 Å². The summed E-state index contributed by atoms with van der Waals surface area (Å²) in [6.07, 6.45) is -2.93. The molecule has 0 spiro atoms. The van der Waals surface area contributed by atoms with Crippen molar-refractivity contribution in [3.05, 3.63) is 53.8 Å². The second kappa shape index (κ2) is 5.56. The Bertz CT molecular complexity index is 487. The second-order valence-electron chi connectivity index (χ2n) is 3.67. The largest absolute Gasteiger partial charge is 0.416 e. The highest BCUT2D eigenvalue weighted by Gasteiger charge is 2.31. The van der Waals surface area contributed by atoms with Gasteiger partial charge in [-0.15, -0.1) is 5.73 Å². The van der Waals surface area contributed by atoms with Crippen molar-refractivity contribution in [1.29, 1.82) is 0 Å². The zero-order valence-electron chi connectivity index (χ0n) is 9.79. The molecule has 1 aromatic rings. The van der Waals surface area contributed by atoms with Crippen molar-refractivity contribution < 1.29 is 18.0 Å². The molecule has 0 atom stereocenters. The van der Waals surface area contributed by atoms with Crippen LogP contribution in [0.1, 0.15) is 15.9 Å². The maximum Gasteiger partial charge on any atom is 0.416 e. The zero-order chi connectivity index (χ0) is 13.8. The molecule has 0 saturated heterocycles. The smallest absolute Gasteiger partial charge is 0.337 e. The third-order valence-electron chi connectivity index (χ3n) is 2.29. The van der Waals surface area contributed by atoms with Gasteiger partial charge in [0.1, 0.15) is 0 Å². The molecule has 0 saturated carbocycles. The molecule has 0 heterocycles. The van der Waals surface area contributed by atoms with E-state index in [1.165, 1.54) is 30.2 Å². The molecule has 0 aliphatic carbocycles. The summed E-state index contributed by atoms with van der Waals surface area (Å²) in [5, 5.41) is 0. The number of amides is 1. The van der Waals surface area contributed by atoms with Crippen LogP contribution in [0.15, 0.2) is 42.7 Å². The van der Waals surface area contributed by atoms with Crippen molar-refractivity contribution in [3.63, 3.8) is 0 Å². The van der Waals surface area contributed by atoms with Gasteiger partial charge in [-0.2, -0.15) is 13.2 Å². The Morgan fingerprint density at radius 1 is 1.50 bits per heavy atom. The lowest BCUT2D eigenvalue weighted by molar-refractivity contribution is -0.137. The van der Waals surface area contributed by atoms with Gasteiger partial charge in [-0.25, -0.2) is 0 Å². The summed E-state index contributed by atoms with van der Waals surface area (Å²) in [6, 6.07) is 4.34. The van der Waals surface area contributed by atoms with Crippen LogP contribution >= 0.6 is 0 Å². The first kappa shape index (κ1) is 14.1. The first-order valence-corrected chi connectivity index (χ1v) is 5.13. The second-order valence-corrected chi connectivity index (χ2v) is 3.67. The first-order valence-electron chi connectivity index (χ1n) is 5.13. The van der Waals surface area contributed by atoms with E-state index in [4.69, 9.17) is 0 Å². The molecule has 5 heteroatoms. The van der Waals surface area contributed by atoms with Crippen molar-refractivity contribution in [2.75, 3.05) is 13.6 Å². The molecule has 1 amide bonds. The van der Waals surface area contributed by atoms with Crippen molar-refractivity contribution in [2.45, 2.75) is 6.18 Å². The fourth-order valence-corrected chi connectivity index (χ4v) is 1.33. The first-order chi connectivity index (χ1) is 8.36. The number of likely N-dealkylation sites (N-methyl/N-ethyl adjacent to an activating group) is 1. The van der Waals surface area contributed by atoms with E-state index in [0.29, 0.717) is 0 Å². The number of carbonyl (C=O) groups is 1. The predicted octanol–water partition coefficient (Wildman–Crippen LogP) is 3.12. The van der Waals surface area contributed by atoms with Crippen LogP contribution in [0.3, 0.4) is 0 Å². The molecule has 2 nitrogen and oxygen atoms in total. The lowest BCUT2D eigenvalue weighted by Crippen LogP contribution is -2.27. The quantitative estimate of drug-likeness (QED) is 0.760. The molecule has 0 radical (unpaired) electrons. The van der Waals surface area contributed by atoms with Crippen molar-refractivity contribution in [3.8, 4) is 0 Å². The van der Waals surface area contributed by atoms with Crippen LogP contribution in [0.25, 0.3) is 0 Å². The fraction of sp³-hybridized carbons (Fsp3) is 0.231. The normalized spacial score (nSPS) is 10.7. The molecule has 0 bridgehead atoms. The topological polar surface area (TPSA) is 20.3 Å². The maximum absolute atomic E-state index is 12.5. The summed E-state index contributed by atoms with van der Waals surface area (Å²) in [4.78, 5) is 13.1. The summed E-state index contributed by atoms with van der Waals surface area (Å²) < 4.78 is 37.5. The average Bonchev–Trinajstić information content (AvgIpc) is 2.34. The van der Waals surface area contributed by atoms with Gasteiger partial charge in [0.2, 0.25) is 0 Å². The summed E-state index contributed by atoms with van der Waals surface area (Å²) >= 11 is 0. The van der Waals surface area contributed by atoms with Gasteiger partial charge < -0.3 is 4.90 Å². The van der Waals surface area contributed by atoms with Crippen molar-refractivity contribution in [2.24, 2.45) is 0 Å². The van der Waals surface area contributed by atoms with E-state index in [1.54, 1.807) is 0 Å². The number of alkyl halides is 3. The van der Waals surface area contributed by atoms with E-state index in [2.05, 4.69) is 12.3 Å². The van der Waals surface area contributed by atoms with E-state index in [9.17, 15) is 18.0 Å². The maximum atomic E-state index is 12.5. The highest BCUT2D eigenvalue weighted by Crippen LogP contribution is 2.29. The third-order valence-corrected chi connectivity index (χ3v) is 2.29. The summed E-state index contributed by atoms with van der Waals surface area (Å²) in [7, 11) is 1.50. The molecule has 0 fully saturated rings. The number of halogens is 3. The summed E-state index contributed by atoms with van der Waals surface area (Å²) in [5.74, 6) is -0.479. The predicted molar refractivity (Wildman–Crippen MR) is 62.1 cm³/mol. The van der Waals surface area contributed by atoms with Crippen LogP contribution < -0.4 is 0 Å². The van der Waals surface area contributed by atoms with E-state index < -0.39 is 17.6 Å². The standard InChI is InChI=1S/C13H12F3NO/c1-3-4-8-17(2)12(18)10-6-5-7-11(9-10)13(14,15)16/h4-7,9H,1,8H2,2H3. The zero-order valence-corrected chi connectivity index (χ0v) is 9.79. The van der Waals surface area contributed by atoms with Gasteiger partial charge in [-0.1, -0.05) is 12.6 Å². The van der Waals surface area contributed by atoms with E-state index in [-0.39, 0.29) is 12.1 Å². The number of hydrogen-bond acceptors (Lipinski definition) is 1. The molecule has 0 aliphatic heterocycles. The molecular weight excluding hydrogens is 243 g/mol. The Morgan fingerprint density at radius 3 is 2.72 bits per heavy atom. The third kappa shape index (κ3) is 3.50. The summed E-state index contributed by atoms with van der Waals surface area (Å²) in [5.41, 5.74) is 1.66. The van der Waals surface area contributed by atoms with Crippen LogP contribution in [-0.4, -0.2) is 24.4 Å². The minimum Gasteiger partial charge on any atom is -0.337 e. The monoisotopic (exact) mass is 255 g/mol. The van der Waals surface area contributed by atoms with Crippen LogP contribution in [0.2, 0.25) is 0 Å². The van der Waals surface area contributed by atoms with Crippen LogP contribution in [0.4, 0.5) is 13.2 Å². The molecule has 0 aromatic heterocycles. The Morgan fingerprint density at radius 2 is 2.17 bits per heavy atom. The molecule has 96 valence electrons. The number of hydrogen-bond donors (Lipinski definition) is 0. The highest BCUT2D eigenvalue weighted by atomic mass is 19.4. The van der Waals surface area contributed by atoms with Crippen LogP contribution in [0.5, 0.6) is 0 Å². The minimum atomic E-state index is -4.45. The number of rotatable bonds is 3. The molecule has 0 N–H and O–H groups in total. The Hall–Kier alpha value is -2.00. The van der Waals surface area contributed by atoms with E-state index >= 15 is 0 Å². The fourth-order valence-electron chi connectivity index (χ4n) is 1.33. The lowest BCUT2D eigenvalue weighted by Gasteiger charge is -2.15. The molecule has 0 aliphatic rings. The van der Waals surface area contributed by atoms with Gasteiger partial charge in [0.15, 0.2) is 0 Å². The van der Waals surface area contributed by atoms with Gasteiger partial charge in [-0.05, 0) is 24.3 Å². The number of nitrogens with zero attached hydrogens (tertiary/aromatic N) is 1. The average molecular weight is 255 g/mol. The van der Waals surface area contributed by atoms with Crippen LogP contribution in [0, 0.1) is 0 Å². The highest BCUT2D eigenvalue weighted by molar-refractivity contribution is 5.94. The van der Waals surface area contributed by atoms with Gasteiger partial charge in [0, 0.05) is 19.2 Å². The Labute approximate surface area is 103 Å². The molecule has 18 heavy (non-hydrogen) atoms. The van der Waals surface area contributed by atoms with Crippen molar-refractivity contribution >= 4 is 5.91 Å². The number of carbonyl (C=O) groups excluding carboxylic acids is 1. The SMILES string of the molecule is C=C=CCN(C)C(=O)c1cccc(C(F)(F)F)c1. The summed E-state index contributed by atoms with van der Waals surface area (Å²) in [6.45, 7) is 3.59. The molecule has 1 aromatic carbocycles. The van der Waals surface area contributed by atoms with Gasteiger partial charge in [0.05, 0.1) is 5.56 Å². The van der Waals surface area contributed by atoms with E-state index in [1.807, 2.05) is 0 Å². The lowest BCUT2D eigenvalue weighted by atomic mass is 10.1. The number of benzene rings is 1. The Balaban J connectivity index is 2.96. The molecule has 0 unspecified atom stereocenters. The van der Waals surface area contributed by atoms with Crippen LogP contribution in [-0.2, 0) is 6.18 Å². The van der Waals surface area contributed by atoms with Gasteiger partial charge in [-0.3, -0.25) is 4.79 Å². The molecular formula is C13H12F3NO. The molecule has 1 rings (SSSR count). The Kier molecular flexibility index (Phi) is 4.34.